The second-order valence-corrected chi connectivity index (χ2v) is 10.9. The van der Waals surface area contributed by atoms with Gasteiger partial charge in [-0.25, -0.2) is 9.48 Å². The van der Waals surface area contributed by atoms with E-state index in [4.69, 9.17) is 14.6 Å². The van der Waals surface area contributed by atoms with Crippen molar-refractivity contribution in [3.05, 3.63) is 51.6 Å². The number of carboxylic acid groups (broad SMARTS) is 3. The number of aryl methyl sites for hydroxylation is 1. The van der Waals surface area contributed by atoms with Gasteiger partial charge in [0.2, 0.25) is 11.8 Å². The predicted octanol–water partition coefficient (Wildman–Crippen LogP) is 2.51. The molecule has 5 N–H and O–H groups in total. The van der Waals surface area contributed by atoms with Crippen molar-refractivity contribution in [1.29, 1.82) is 0 Å². The number of aliphatic carboxylic acids is 3. The van der Waals surface area contributed by atoms with Gasteiger partial charge >= 0.3 is 23.5 Å². The molecule has 2 amide bonds. The van der Waals surface area contributed by atoms with E-state index in [9.17, 15) is 33.9 Å². The van der Waals surface area contributed by atoms with Crippen LogP contribution in [0.2, 0.25) is 0 Å². The predicted molar refractivity (Wildman–Crippen MR) is 153 cm³/mol. The Hall–Kier alpha value is -5.08. The Kier molecular flexibility index (Phi) is 9.76. The number of nitrogens with one attached hydrogen (secondary N) is 2. The summed E-state index contributed by atoms with van der Waals surface area (Å²) < 4.78 is 6.43. The van der Waals surface area contributed by atoms with E-state index in [1.54, 1.807) is 13.0 Å². The Morgan fingerprint density at radius 1 is 1.02 bits per heavy atom. The molecule has 0 spiro atoms. The molecule has 0 bridgehead atoms. The monoisotopic (exact) mass is 611 g/mol. The van der Waals surface area contributed by atoms with Gasteiger partial charge in [0.05, 0.1) is 30.1 Å². The quantitative estimate of drug-likeness (QED) is 0.176. The molecule has 0 radical (unpaired) electrons. The summed E-state index contributed by atoms with van der Waals surface area (Å²) in [7, 11) is 0. The zero-order chi connectivity index (χ0) is 32.0. The molecule has 15 heteroatoms. The minimum Gasteiger partial charge on any atom is -0.481 e. The van der Waals surface area contributed by atoms with E-state index in [0.717, 1.165) is 23.9 Å². The number of carbonyl (C=O) groups excluding carboxylic acids is 2. The van der Waals surface area contributed by atoms with Crippen molar-refractivity contribution in [2.75, 3.05) is 5.32 Å². The topological polar surface area (TPSA) is 231 Å². The van der Waals surface area contributed by atoms with E-state index in [0.29, 0.717) is 29.5 Å². The van der Waals surface area contributed by atoms with Crippen LogP contribution >= 0.6 is 0 Å². The van der Waals surface area contributed by atoms with Crippen molar-refractivity contribution in [3.8, 4) is 0 Å². The van der Waals surface area contributed by atoms with Crippen LogP contribution in [0.3, 0.4) is 0 Å². The molecule has 1 fully saturated rings. The van der Waals surface area contributed by atoms with E-state index < -0.39 is 53.9 Å². The lowest BCUT2D eigenvalue weighted by Crippen LogP contribution is -2.47. The van der Waals surface area contributed by atoms with Gasteiger partial charge in [-0.15, -0.1) is 5.10 Å². The zero-order valence-electron chi connectivity index (χ0n) is 24.0. The van der Waals surface area contributed by atoms with Crippen molar-refractivity contribution >= 4 is 46.4 Å². The maximum absolute atomic E-state index is 13.4. The summed E-state index contributed by atoms with van der Waals surface area (Å²) in [5, 5.41) is 41.9. The number of aromatic nitrogens is 3. The van der Waals surface area contributed by atoms with Crippen molar-refractivity contribution in [2.24, 2.45) is 0 Å². The van der Waals surface area contributed by atoms with Crippen LogP contribution in [0.25, 0.3) is 11.0 Å². The smallest absolute Gasteiger partial charge is 0.340 e. The van der Waals surface area contributed by atoms with Crippen LogP contribution in [0.1, 0.15) is 80.7 Å². The van der Waals surface area contributed by atoms with Gasteiger partial charge in [0.25, 0.3) is 0 Å². The second-order valence-electron chi connectivity index (χ2n) is 10.9. The van der Waals surface area contributed by atoms with Crippen LogP contribution in [0.5, 0.6) is 0 Å². The average Bonchev–Trinajstić information content (AvgIpc) is 3.45. The van der Waals surface area contributed by atoms with Gasteiger partial charge in [-0.3, -0.25) is 24.0 Å². The van der Waals surface area contributed by atoms with Crippen LogP contribution in [0.15, 0.2) is 33.6 Å². The summed E-state index contributed by atoms with van der Waals surface area (Å²) in [5.74, 6) is -4.52. The highest BCUT2D eigenvalue weighted by Gasteiger charge is 2.39. The Balaban J connectivity index is 1.58. The van der Waals surface area contributed by atoms with Crippen molar-refractivity contribution in [3.63, 3.8) is 0 Å². The third-order valence-corrected chi connectivity index (χ3v) is 7.75. The second kappa shape index (κ2) is 13.5. The number of fused-ring (bicyclic) bond motifs is 1. The van der Waals surface area contributed by atoms with Crippen LogP contribution < -0.4 is 16.3 Å². The summed E-state index contributed by atoms with van der Waals surface area (Å²) >= 11 is 0. The summed E-state index contributed by atoms with van der Waals surface area (Å²) in [6.45, 7) is 1.60. The molecule has 0 saturated heterocycles. The summed E-state index contributed by atoms with van der Waals surface area (Å²) in [4.78, 5) is 72.2. The van der Waals surface area contributed by atoms with Gasteiger partial charge in [0.15, 0.2) is 0 Å². The number of amides is 2. The van der Waals surface area contributed by atoms with Gasteiger partial charge in [0, 0.05) is 30.0 Å². The first-order chi connectivity index (χ1) is 20.9. The van der Waals surface area contributed by atoms with Gasteiger partial charge in [0.1, 0.15) is 17.3 Å². The molecule has 15 nitrogen and oxygen atoms in total. The van der Waals surface area contributed by atoms with Crippen LogP contribution in [0.4, 0.5) is 5.69 Å². The first-order valence-corrected chi connectivity index (χ1v) is 14.1. The Labute approximate surface area is 250 Å². The number of nitrogens with zero attached hydrogens (tertiary/aromatic N) is 3. The molecule has 1 unspecified atom stereocenters. The van der Waals surface area contributed by atoms with Crippen LogP contribution in [-0.2, 0) is 35.9 Å². The molecule has 1 aromatic carbocycles. The van der Waals surface area contributed by atoms with Crippen molar-refractivity contribution < 1.29 is 43.7 Å². The van der Waals surface area contributed by atoms with Crippen molar-refractivity contribution in [2.45, 2.75) is 82.7 Å². The molecule has 1 atom stereocenters. The zero-order valence-corrected chi connectivity index (χ0v) is 24.0. The molecular weight excluding hydrogens is 578 g/mol. The molecule has 1 aliphatic rings. The van der Waals surface area contributed by atoms with Gasteiger partial charge < -0.3 is 30.4 Å². The fraction of sp³-hybridized carbons (Fsp3) is 0.448. The SMILES string of the molecule is Cc1c(CC(=O)O)c(=O)oc2cc(NC(=O)C(CC(=O)O)n3cc(C4(NC(=O)CCCC(=O)O)CCCCC4)nn3)ccc12. The minimum atomic E-state index is -1.33. The number of rotatable bonds is 13. The third-order valence-electron chi connectivity index (χ3n) is 7.75. The van der Waals surface area contributed by atoms with Crippen LogP contribution in [-0.4, -0.2) is 60.0 Å². The summed E-state index contributed by atoms with van der Waals surface area (Å²) in [6, 6.07) is 3.12. The van der Waals surface area contributed by atoms with Gasteiger partial charge in [-0.05, 0) is 43.9 Å². The highest BCUT2D eigenvalue weighted by atomic mass is 16.4. The van der Waals surface area contributed by atoms with Crippen molar-refractivity contribution in [1.82, 2.24) is 20.3 Å². The lowest BCUT2D eigenvalue weighted by Gasteiger charge is -2.36. The minimum absolute atomic E-state index is 0.0116. The molecule has 0 aliphatic heterocycles. The molecule has 1 saturated carbocycles. The fourth-order valence-electron chi connectivity index (χ4n) is 5.50. The number of carboxylic acids is 3. The molecule has 1 aliphatic carbocycles. The Bertz CT molecular complexity index is 1650. The third kappa shape index (κ3) is 7.46. The van der Waals surface area contributed by atoms with Gasteiger partial charge in [-0.1, -0.05) is 24.5 Å². The Morgan fingerprint density at radius 2 is 1.75 bits per heavy atom. The van der Waals surface area contributed by atoms with Gasteiger partial charge in [-0.2, -0.15) is 0 Å². The van der Waals surface area contributed by atoms with E-state index in [1.165, 1.54) is 18.3 Å². The summed E-state index contributed by atoms with van der Waals surface area (Å²) in [6.07, 6.45) is 3.96. The molecule has 2 heterocycles. The molecule has 44 heavy (non-hydrogen) atoms. The molecule has 4 rings (SSSR count). The van der Waals surface area contributed by atoms with E-state index in [-0.39, 0.29) is 42.0 Å². The standard InChI is InChI=1S/C29H33N5O10/c1-16-18-9-8-17(12-21(18)44-28(43)19(16)13-25(38)39)30-27(42)20(14-26(40)41)34-15-22(32-33-34)29(10-3-2-4-11-29)31-23(35)6-5-7-24(36)37/h8-9,12,15,20H,2-7,10-11,13-14H2,1H3,(H,30,42)(H,31,35)(H,36,37)(H,38,39)(H,40,41). The van der Waals surface area contributed by atoms with E-state index >= 15 is 0 Å². The number of hydrogen-bond donors (Lipinski definition) is 5. The lowest BCUT2D eigenvalue weighted by molar-refractivity contribution is -0.140. The first kappa shape index (κ1) is 31.8. The highest BCUT2D eigenvalue weighted by molar-refractivity contribution is 5.97. The normalized spacial score (nSPS) is 14.9. The molecule has 3 aromatic rings. The van der Waals surface area contributed by atoms with E-state index in [1.807, 2.05) is 0 Å². The van der Waals surface area contributed by atoms with Crippen LogP contribution in [0, 0.1) is 6.92 Å². The maximum atomic E-state index is 13.4. The number of hydrogen-bond acceptors (Lipinski definition) is 9. The first-order valence-electron chi connectivity index (χ1n) is 14.1. The number of carbonyl (C=O) groups is 5. The average molecular weight is 612 g/mol. The largest absolute Gasteiger partial charge is 0.481 e. The molecule has 234 valence electrons. The maximum Gasteiger partial charge on any atom is 0.340 e. The number of benzene rings is 1. The Morgan fingerprint density at radius 3 is 2.41 bits per heavy atom. The molecule has 2 aromatic heterocycles. The van der Waals surface area contributed by atoms with E-state index in [2.05, 4.69) is 20.9 Å². The highest BCUT2D eigenvalue weighted by Crippen LogP contribution is 2.36. The summed E-state index contributed by atoms with van der Waals surface area (Å²) in [5.41, 5.74) is -0.593. The fourth-order valence-corrected chi connectivity index (χ4v) is 5.50. The molecular formula is C29H33N5O10. The number of anilines is 1. The lowest BCUT2D eigenvalue weighted by atomic mass is 9.79.